The lowest BCUT2D eigenvalue weighted by Gasteiger charge is -2.08. The van der Waals surface area contributed by atoms with Gasteiger partial charge in [0.15, 0.2) is 5.65 Å². The lowest BCUT2D eigenvalue weighted by Crippen LogP contribution is -2.05. The molecule has 0 fully saturated rings. The fourth-order valence-electron chi connectivity index (χ4n) is 3.50. The van der Waals surface area contributed by atoms with Crippen molar-refractivity contribution >= 4 is 22.8 Å². The summed E-state index contributed by atoms with van der Waals surface area (Å²) in [5.41, 5.74) is 10.6. The second kappa shape index (κ2) is 8.35. The average Bonchev–Trinajstić information content (AvgIpc) is 3.19. The van der Waals surface area contributed by atoms with Crippen LogP contribution in [0.1, 0.15) is 5.56 Å². The number of nitrogens with one attached hydrogen (secondary N) is 1. The number of aromatic nitrogens is 5. The number of nitrogen functional groups attached to an aromatic ring is 1. The standard InChI is InChI=1S/C24H21N7O/c1-32-19-11-9-18(10-12-19)31-22(25)20-21(17-7-3-2-4-8-17)28-24(29-23(20)30-31)27-15-16-6-5-13-26-14-16/h2-14H,15,25H2,1H3,(H,27,29,30). The number of rotatable bonds is 6. The molecule has 5 rings (SSSR count). The summed E-state index contributed by atoms with van der Waals surface area (Å²) in [6.45, 7) is 0.544. The minimum Gasteiger partial charge on any atom is -0.497 e. The molecule has 8 nitrogen and oxygen atoms in total. The summed E-state index contributed by atoms with van der Waals surface area (Å²) >= 11 is 0. The number of nitrogens with two attached hydrogens (primary N) is 1. The van der Waals surface area contributed by atoms with Crippen LogP contribution in [0.2, 0.25) is 0 Å². The predicted molar refractivity (Wildman–Crippen MR) is 125 cm³/mol. The van der Waals surface area contributed by atoms with Crippen molar-refractivity contribution in [1.29, 1.82) is 0 Å². The van der Waals surface area contributed by atoms with Gasteiger partial charge < -0.3 is 15.8 Å². The molecule has 0 amide bonds. The molecule has 0 radical (unpaired) electrons. The lowest BCUT2D eigenvalue weighted by molar-refractivity contribution is 0.414. The number of hydrogen-bond donors (Lipinski definition) is 2. The zero-order valence-electron chi connectivity index (χ0n) is 17.4. The molecule has 3 aromatic heterocycles. The van der Waals surface area contributed by atoms with Gasteiger partial charge in [0.1, 0.15) is 11.6 Å². The third-order valence-electron chi connectivity index (χ3n) is 5.11. The van der Waals surface area contributed by atoms with Gasteiger partial charge in [0.25, 0.3) is 0 Å². The Hall–Kier alpha value is -4.46. The lowest BCUT2D eigenvalue weighted by atomic mass is 10.1. The molecular weight excluding hydrogens is 402 g/mol. The van der Waals surface area contributed by atoms with E-state index in [0.717, 1.165) is 28.3 Å². The van der Waals surface area contributed by atoms with E-state index < -0.39 is 0 Å². The summed E-state index contributed by atoms with van der Waals surface area (Å²) in [5.74, 6) is 1.71. The van der Waals surface area contributed by atoms with Crippen LogP contribution in [0.25, 0.3) is 28.0 Å². The van der Waals surface area contributed by atoms with Crippen molar-refractivity contribution in [2.75, 3.05) is 18.2 Å². The van der Waals surface area contributed by atoms with Gasteiger partial charge in [-0.1, -0.05) is 36.4 Å². The van der Waals surface area contributed by atoms with Crippen LogP contribution in [0, 0.1) is 0 Å². The summed E-state index contributed by atoms with van der Waals surface area (Å²) in [7, 11) is 1.63. The highest BCUT2D eigenvalue weighted by Crippen LogP contribution is 2.33. The number of hydrogen-bond acceptors (Lipinski definition) is 7. The molecule has 5 aromatic rings. The van der Waals surface area contributed by atoms with Crippen LogP contribution in [0.4, 0.5) is 11.8 Å². The van der Waals surface area contributed by atoms with Crippen LogP contribution in [0.3, 0.4) is 0 Å². The summed E-state index contributed by atoms with van der Waals surface area (Å²) in [4.78, 5) is 13.6. The van der Waals surface area contributed by atoms with Gasteiger partial charge in [-0.3, -0.25) is 4.98 Å². The first-order chi connectivity index (χ1) is 15.7. The van der Waals surface area contributed by atoms with Crippen molar-refractivity contribution in [3.05, 3.63) is 84.7 Å². The molecule has 0 aliphatic carbocycles. The van der Waals surface area contributed by atoms with E-state index in [1.54, 1.807) is 24.2 Å². The predicted octanol–water partition coefficient (Wildman–Crippen LogP) is 4.08. The minimum absolute atomic E-state index is 0.472. The van der Waals surface area contributed by atoms with Crippen molar-refractivity contribution < 1.29 is 4.74 Å². The van der Waals surface area contributed by atoms with Crippen LogP contribution in [-0.2, 0) is 6.54 Å². The first kappa shape index (κ1) is 19.5. The topological polar surface area (TPSA) is 104 Å². The molecule has 0 spiro atoms. The van der Waals surface area contributed by atoms with E-state index in [2.05, 4.69) is 20.4 Å². The number of fused-ring (bicyclic) bond motifs is 1. The maximum absolute atomic E-state index is 6.56. The number of methoxy groups -OCH3 is 1. The van der Waals surface area contributed by atoms with Gasteiger partial charge in [-0.2, -0.15) is 4.98 Å². The van der Waals surface area contributed by atoms with Crippen molar-refractivity contribution in [3.8, 4) is 22.7 Å². The molecule has 0 aliphatic rings. The average molecular weight is 423 g/mol. The van der Waals surface area contributed by atoms with Crippen molar-refractivity contribution in [1.82, 2.24) is 24.7 Å². The van der Waals surface area contributed by atoms with Gasteiger partial charge in [-0.05, 0) is 35.9 Å². The van der Waals surface area contributed by atoms with Crippen LogP contribution >= 0.6 is 0 Å². The second-order valence-electron chi connectivity index (χ2n) is 7.17. The summed E-state index contributed by atoms with van der Waals surface area (Å²) < 4.78 is 6.93. The van der Waals surface area contributed by atoms with Gasteiger partial charge in [0, 0.05) is 24.5 Å². The molecule has 32 heavy (non-hydrogen) atoms. The van der Waals surface area contributed by atoms with Crippen molar-refractivity contribution in [3.63, 3.8) is 0 Å². The summed E-state index contributed by atoms with van der Waals surface area (Å²) in [5, 5.41) is 8.67. The molecule has 3 N–H and O–H groups in total. The van der Waals surface area contributed by atoms with Gasteiger partial charge in [-0.15, -0.1) is 5.10 Å². The molecule has 158 valence electrons. The first-order valence-corrected chi connectivity index (χ1v) is 10.1. The Morgan fingerprint density at radius 2 is 1.78 bits per heavy atom. The molecule has 0 bridgehead atoms. The van der Waals surface area contributed by atoms with E-state index in [9.17, 15) is 0 Å². The van der Waals surface area contributed by atoms with Crippen molar-refractivity contribution in [2.24, 2.45) is 0 Å². The Morgan fingerprint density at radius 3 is 2.50 bits per heavy atom. The van der Waals surface area contributed by atoms with Gasteiger partial charge >= 0.3 is 0 Å². The molecule has 0 unspecified atom stereocenters. The Kier molecular flexibility index (Phi) is 5.09. The van der Waals surface area contributed by atoms with E-state index in [-0.39, 0.29) is 0 Å². The van der Waals surface area contributed by atoms with Gasteiger partial charge in [0.2, 0.25) is 5.95 Å². The smallest absolute Gasteiger partial charge is 0.225 e. The van der Waals surface area contributed by atoms with Crippen molar-refractivity contribution in [2.45, 2.75) is 6.54 Å². The van der Waals surface area contributed by atoms with E-state index in [0.29, 0.717) is 29.3 Å². The normalized spacial score (nSPS) is 10.9. The molecule has 8 heteroatoms. The maximum atomic E-state index is 6.56. The summed E-state index contributed by atoms with van der Waals surface area (Å²) in [6, 6.07) is 21.3. The SMILES string of the molecule is COc1ccc(-n2nc3nc(NCc4cccnc4)nc(-c4ccccc4)c3c2N)cc1. The Bertz CT molecular complexity index is 1350. The van der Waals surface area contributed by atoms with E-state index in [4.69, 9.17) is 15.5 Å². The molecule has 0 aliphatic heterocycles. The summed E-state index contributed by atoms with van der Waals surface area (Å²) in [6.07, 6.45) is 3.55. The fourth-order valence-corrected chi connectivity index (χ4v) is 3.50. The zero-order valence-corrected chi connectivity index (χ0v) is 17.4. The quantitative estimate of drug-likeness (QED) is 0.424. The zero-order chi connectivity index (χ0) is 21.9. The van der Waals surface area contributed by atoms with Crippen LogP contribution in [0.15, 0.2) is 79.1 Å². The van der Waals surface area contributed by atoms with Gasteiger partial charge in [0.05, 0.1) is 23.9 Å². The Balaban J connectivity index is 1.62. The van der Waals surface area contributed by atoms with E-state index in [1.165, 1.54) is 0 Å². The van der Waals surface area contributed by atoms with Crippen LogP contribution in [-0.4, -0.2) is 31.8 Å². The first-order valence-electron chi connectivity index (χ1n) is 10.1. The third kappa shape index (κ3) is 3.69. The highest BCUT2D eigenvalue weighted by molar-refractivity contribution is 5.99. The molecular formula is C24H21N7O. The molecule has 3 heterocycles. The highest BCUT2D eigenvalue weighted by atomic mass is 16.5. The monoisotopic (exact) mass is 423 g/mol. The fraction of sp³-hybridized carbons (Fsp3) is 0.0833. The van der Waals surface area contributed by atoms with E-state index >= 15 is 0 Å². The molecule has 0 saturated heterocycles. The van der Waals surface area contributed by atoms with Gasteiger partial charge in [-0.25, -0.2) is 9.67 Å². The maximum Gasteiger partial charge on any atom is 0.225 e. The van der Waals surface area contributed by atoms with E-state index in [1.807, 2.05) is 66.7 Å². The van der Waals surface area contributed by atoms with Crippen LogP contribution in [0.5, 0.6) is 5.75 Å². The minimum atomic E-state index is 0.472. The third-order valence-corrected chi connectivity index (χ3v) is 5.11. The second-order valence-corrected chi connectivity index (χ2v) is 7.17. The molecule has 0 atom stereocenters. The Labute approximate surface area is 184 Å². The number of benzene rings is 2. The number of anilines is 2. The molecule has 0 saturated carbocycles. The highest BCUT2D eigenvalue weighted by Gasteiger charge is 2.19. The Morgan fingerprint density at radius 1 is 0.969 bits per heavy atom. The number of nitrogens with zero attached hydrogens (tertiary/aromatic N) is 5. The largest absolute Gasteiger partial charge is 0.497 e. The number of ether oxygens (including phenoxy) is 1. The van der Waals surface area contributed by atoms with Crippen LogP contribution < -0.4 is 15.8 Å². The number of pyridine rings is 1. The molecule has 2 aromatic carbocycles.